The van der Waals surface area contributed by atoms with E-state index in [0.29, 0.717) is 5.82 Å². The number of benzene rings is 1. The molecule has 132 valence electrons. The maximum atomic E-state index is 12.2. The molecule has 0 saturated heterocycles. The van der Waals surface area contributed by atoms with Crippen LogP contribution in [0.1, 0.15) is 0 Å². The number of nitrogens with zero attached hydrogens (tertiary/aromatic N) is 3. The van der Waals surface area contributed by atoms with Gasteiger partial charge in [0, 0.05) is 36.6 Å². The van der Waals surface area contributed by atoms with Gasteiger partial charge in [-0.3, -0.25) is 0 Å². The van der Waals surface area contributed by atoms with Crippen molar-refractivity contribution in [2.24, 2.45) is 0 Å². The van der Waals surface area contributed by atoms with Gasteiger partial charge in [-0.1, -0.05) is 12.1 Å². The Morgan fingerprint density at radius 2 is 1.69 bits per heavy atom. The van der Waals surface area contributed by atoms with Crippen molar-refractivity contribution in [2.75, 3.05) is 19.8 Å². The maximum Gasteiger partial charge on any atom is 0.242 e. The Hall–Kier alpha value is -2.97. The number of nitrogens with two attached hydrogens (primary N) is 1. The van der Waals surface area contributed by atoms with E-state index in [0.717, 1.165) is 33.1 Å². The molecule has 1 aromatic carbocycles. The van der Waals surface area contributed by atoms with Crippen LogP contribution in [-0.4, -0.2) is 41.8 Å². The fourth-order valence-corrected chi connectivity index (χ4v) is 3.78. The number of fused-ring (bicyclic) bond motifs is 3. The van der Waals surface area contributed by atoms with Crippen LogP contribution in [0.3, 0.4) is 0 Å². The maximum absolute atomic E-state index is 12.2. The van der Waals surface area contributed by atoms with Crippen molar-refractivity contribution in [3.63, 3.8) is 0 Å². The molecule has 7 nitrogen and oxygen atoms in total. The molecule has 26 heavy (non-hydrogen) atoms. The highest BCUT2D eigenvalue weighted by atomic mass is 32.2. The van der Waals surface area contributed by atoms with E-state index in [1.54, 1.807) is 36.7 Å². The first-order valence-corrected chi connectivity index (χ1v) is 9.36. The molecule has 0 aliphatic carbocycles. The topological polar surface area (TPSA) is 105 Å². The zero-order valence-electron chi connectivity index (χ0n) is 14.3. The highest BCUT2D eigenvalue weighted by molar-refractivity contribution is 7.89. The Labute approximate surface area is 150 Å². The van der Waals surface area contributed by atoms with Gasteiger partial charge in [-0.05, 0) is 29.8 Å². The summed E-state index contributed by atoms with van der Waals surface area (Å²) in [5.41, 5.74) is 9.19. The minimum atomic E-state index is -3.44. The lowest BCUT2D eigenvalue weighted by molar-refractivity contribution is 0.521. The summed E-state index contributed by atoms with van der Waals surface area (Å²) < 4.78 is 25.6. The minimum absolute atomic E-state index is 0.256. The Balaban J connectivity index is 1.82. The number of aromatic nitrogens is 3. The molecule has 0 unspecified atom stereocenters. The lowest BCUT2D eigenvalue weighted by Crippen LogP contribution is -2.22. The smallest absolute Gasteiger partial charge is 0.242 e. The molecule has 0 aliphatic heterocycles. The standard InChI is InChI=1S/C18H17N5O2S/c1-23(2)26(24,25)13-5-3-11(4-6-13)12-7-15-14-8-17(19)20-10-16(14)22-18(15)21-9-12/h3-10H,1-2H3,(H2,19,20)(H,21,22). The van der Waals surface area contributed by atoms with Crippen LogP contribution in [0.4, 0.5) is 5.82 Å². The van der Waals surface area contributed by atoms with Gasteiger partial charge < -0.3 is 10.7 Å². The molecule has 0 fully saturated rings. The molecule has 4 rings (SSSR count). The van der Waals surface area contributed by atoms with Crippen molar-refractivity contribution >= 4 is 37.8 Å². The van der Waals surface area contributed by atoms with E-state index in [1.807, 2.05) is 12.1 Å². The number of sulfonamides is 1. The Morgan fingerprint density at radius 3 is 2.38 bits per heavy atom. The third-order valence-corrected chi connectivity index (χ3v) is 6.15. The first-order valence-electron chi connectivity index (χ1n) is 7.92. The quantitative estimate of drug-likeness (QED) is 0.579. The summed E-state index contributed by atoms with van der Waals surface area (Å²) >= 11 is 0. The number of H-pyrrole nitrogens is 1. The summed E-state index contributed by atoms with van der Waals surface area (Å²) in [5, 5.41) is 1.89. The molecule has 0 aliphatic rings. The number of nitrogens with one attached hydrogen (secondary N) is 1. The molecule has 3 N–H and O–H groups in total. The molecule has 3 heterocycles. The van der Waals surface area contributed by atoms with Gasteiger partial charge in [0.15, 0.2) is 0 Å². The Kier molecular flexibility index (Phi) is 3.67. The lowest BCUT2D eigenvalue weighted by atomic mass is 10.1. The third-order valence-electron chi connectivity index (χ3n) is 4.32. The van der Waals surface area contributed by atoms with Crippen molar-refractivity contribution in [2.45, 2.75) is 4.90 Å². The molecule has 0 bridgehead atoms. The van der Waals surface area contributed by atoms with Crippen LogP contribution in [0.25, 0.3) is 33.1 Å². The molecule has 0 spiro atoms. The monoisotopic (exact) mass is 367 g/mol. The van der Waals surface area contributed by atoms with Crippen LogP contribution >= 0.6 is 0 Å². The van der Waals surface area contributed by atoms with E-state index < -0.39 is 10.0 Å². The molecule has 4 aromatic rings. The molecular formula is C18H17N5O2S. The van der Waals surface area contributed by atoms with E-state index in [2.05, 4.69) is 15.0 Å². The first-order chi connectivity index (χ1) is 12.4. The summed E-state index contributed by atoms with van der Waals surface area (Å²) in [5.74, 6) is 0.446. The predicted molar refractivity (Wildman–Crippen MR) is 102 cm³/mol. The summed E-state index contributed by atoms with van der Waals surface area (Å²) in [7, 11) is -0.418. The van der Waals surface area contributed by atoms with Crippen LogP contribution in [0, 0.1) is 0 Å². The second-order valence-corrected chi connectivity index (χ2v) is 8.36. The van der Waals surface area contributed by atoms with Crippen LogP contribution < -0.4 is 5.73 Å². The van der Waals surface area contributed by atoms with Crippen molar-refractivity contribution in [1.82, 2.24) is 19.3 Å². The summed E-state index contributed by atoms with van der Waals surface area (Å²) in [6, 6.07) is 10.6. The van der Waals surface area contributed by atoms with Crippen molar-refractivity contribution in [3.05, 3.63) is 48.8 Å². The molecule has 0 amide bonds. The number of hydrogen-bond acceptors (Lipinski definition) is 5. The van der Waals surface area contributed by atoms with Crippen LogP contribution in [0.15, 0.2) is 53.7 Å². The van der Waals surface area contributed by atoms with Crippen LogP contribution in [0.2, 0.25) is 0 Å². The largest absolute Gasteiger partial charge is 0.384 e. The molecule has 3 aromatic heterocycles. The van der Waals surface area contributed by atoms with Gasteiger partial charge in [-0.2, -0.15) is 0 Å². The van der Waals surface area contributed by atoms with Crippen LogP contribution in [-0.2, 0) is 10.0 Å². The third kappa shape index (κ3) is 2.59. The summed E-state index contributed by atoms with van der Waals surface area (Å²) in [6.45, 7) is 0. The molecule has 0 radical (unpaired) electrons. The fourth-order valence-electron chi connectivity index (χ4n) is 2.88. The van der Waals surface area contributed by atoms with Gasteiger partial charge in [0.05, 0.1) is 16.6 Å². The molecule has 0 saturated carbocycles. The van der Waals surface area contributed by atoms with Gasteiger partial charge in [0.2, 0.25) is 10.0 Å². The highest BCUT2D eigenvalue weighted by Crippen LogP contribution is 2.29. The number of pyridine rings is 2. The zero-order chi connectivity index (χ0) is 18.5. The van der Waals surface area contributed by atoms with Gasteiger partial charge >= 0.3 is 0 Å². The number of nitrogen functional groups attached to an aromatic ring is 1. The predicted octanol–water partition coefficient (Wildman–Crippen LogP) is 2.61. The van der Waals surface area contributed by atoms with E-state index in [4.69, 9.17) is 5.73 Å². The summed E-state index contributed by atoms with van der Waals surface area (Å²) in [6.07, 6.45) is 3.44. The van der Waals surface area contributed by atoms with Gasteiger partial charge in [-0.15, -0.1) is 0 Å². The van der Waals surface area contributed by atoms with E-state index >= 15 is 0 Å². The van der Waals surface area contributed by atoms with E-state index in [1.165, 1.54) is 18.4 Å². The normalized spacial score (nSPS) is 12.3. The molecular weight excluding hydrogens is 350 g/mol. The molecule has 0 atom stereocenters. The number of aromatic amines is 1. The van der Waals surface area contributed by atoms with E-state index in [9.17, 15) is 8.42 Å². The van der Waals surface area contributed by atoms with Gasteiger partial charge in [0.1, 0.15) is 11.5 Å². The fraction of sp³-hybridized carbons (Fsp3) is 0.111. The SMILES string of the molecule is CN(C)S(=O)(=O)c1ccc(-c2cnc3[nH]c4cnc(N)cc4c3c2)cc1. The van der Waals surface area contributed by atoms with Crippen molar-refractivity contribution < 1.29 is 8.42 Å². The Bertz CT molecular complexity index is 1230. The average molecular weight is 367 g/mol. The average Bonchev–Trinajstić information content (AvgIpc) is 2.99. The number of hydrogen-bond donors (Lipinski definition) is 2. The lowest BCUT2D eigenvalue weighted by Gasteiger charge is -2.11. The second kappa shape index (κ2) is 5.79. The van der Waals surface area contributed by atoms with Crippen molar-refractivity contribution in [3.8, 4) is 11.1 Å². The van der Waals surface area contributed by atoms with Gasteiger partial charge in [0.25, 0.3) is 0 Å². The van der Waals surface area contributed by atoms with Gasteiger partial charge in [-0.25, -0.2) is 22.7 Å². The Morgan fingerprint density at radius 1 is 0.962 bits per heavy atom. The number of rotatable bonds is 3. The number of anilines is 1. The summed E-state index contributed by atoms with van der Waals surface area (Å²) in [4.78, 5) is 12.0. The second-order valence-electron chi connectivity index (χ2n) is 6.21. The highest BCUT2D eigenvalue weighted by Gasteiger charge is 2.17. The zero-order valence-corrected chi connectivity index (χ0v) is 15.1. The first kappa shape index (κ1) is 16.5. The van der Waals surface area contributed by atoms with Crippen molar-refractivity contribution in [1.29, 1.82) is 0 Å². The van der Waals surface area contributed by atoms with E-state index in [-0.39, 0.29) is 4.90 Å². The molecule has 8 heteroatoms. The minimum Gasteiger partial charge on any atom is -0.384 e. The van der Waals surface area contributed by atoms with Crippen LogP contribution in [0.5, 0.6) is 0 Å².